The number of hydrogen-bond acceptors (Lipinski definition) is 2. The quantitative estimate of drug-likeness (QED) is 0.512. The van der Waals surface area contributed by atoms with Gasteiger partial charge < -0.3 is 10.1 Å². The lowest BCUT2D eigenvalue weighted by atomic mass is 10.0. The Bertz CT molecular complexity index is 103. The number of ether oxygens (including phenoxy) is 1. The number of rotatable bonds is 0. The third kappa shape index (κ3) is 0.970. The Labute approximate surface area is 55.6 Å². The molecule has 2 nitrogen and oxygen atoms in total. The summed E-state index contributed by atoms with van der Waals surface area (Å²) in [6.45, 7) is 3.24. The van der Waals surface area contributed by atoms with Crippen molar-refractivity contribution in [3.05, 3.63) is 0 Å². The van der Waals surface area contributed by atoms with Crippen LogP contribution in [0.4, 0.5) is 0 Å². The van der Waals surface area contributed by atoms with Crippen molar-refractivity contribution >= 4 is 0 Å². The maximum atomic E-state index is 5.61. The van der Waals surface area contributed by atoms with Gasteiger partial charge >= 0.3 is 0 Å². The van der Waals surface area contributed by atoms with E-state index in [9.17, 15) is 0 Å². The van der Waals surface area contributed by atoms with E-state index >= 15 is 0 Å². The van der Waals surface area contributed by atoms with Gasteiger partial charge in [-0.25, -0.2) is 0 Å². The Morgan fingerprint density at radius 1 is 1.44 bits per heavy atom. The molecule has 3 atom stereocenters. The fraction of sp³-hybridized carbons (Fsp3) is 1.00. The van der Waals surface area contributed by atoms with Crippen LogP contribution < -0.4 is 5.32 Å². The molecule has 2 aliphatic rings. The summed E-state index contributed by atoms with van der Waals surface area (Å²) in [4.78, 5) is 0. The van der Waals surface area contributed by atoms with E-state index in [-0.39, 0.29) is 0 Å². The van der Waals surface area contributed by atoms with Gasteiger partial charge in [0.2, 0.25) is 0 Å². The van der Waals surface area contributed by atoms with Crippen LogP contribution in [0.3, 0.4) is 0 Å². The van der Waals surface area contributed by atoms with E-state index in [0.717, 1.165) is 12.6 Å². The smallest absolute Gasteiger partial charge is 0.0718 e. The summed E-state index contributed by atoms with van der Waals surface area (Å²) in [5.74, 6) is 0. The molecular weight excluding hydrogens is 114 g/mol. The molecule has 2 fully saturated rings. The Morgan fingerprint density at radius 2 is 2.33 bits per heavy atom. The maximum Gasteiger partial charge on any atom is 0.0718 e. The van der Waals surface area contributed by atoms with E-state index in [4.69, 9.17) is 4.74 Å². The average Bonchev–Trinajstić information content (AvgIpc) is 2.11. The minimum absolute atomic E-state index is 0.490. The molecule has 0 saturated carbocycles. The van der Waals surface area contributed by atoms with Crippen LogP contribution in [0, 0.1) is 0 Å². The Kier molecular flexibility index (Phi) is 1.24. The molecule has 1 N–H and O–H groups in total. The Hall–Kier alpha value is -0.0800. The summed E-state index contributed by atoms with van der Waals surface area (Å²) in [5, 5.41) is 3.42. The van der Waals surface area contributed by atoms with E-state index < -0.39 is 0 Å². The molecule has 2 saturated heterocycles. The van der Waals surface area contributed by atoms with E-state index in [1.165, 1.54) is 12.8 Å². The van der Waals surface area contributed by atoms with Gasteiger partial charge in [0.1, 0.15) is 0 Å². The van der Waals surface area contributed by atoms with E-state index in [1.807, 2.05) is 0 Å². The van der Waals surface area contributed by atoms with Crippen LogP contribution in [-0.4, -0.2) is 24.8 Å². The zero-order valence-electron chi connectivity index (χ0n) is 5.76. The van der Waals surface area contributed by atoms with Gasteiger partial charge in [0.05, 0.1) is 12.2 Å². The highest BCUT2D eigenvalue weighted by Gasteiger charge is 2.32. The second-order valence-electron chi connectivity index (χ2n) is 3.15. The lowest BCUT2D eigenvalue weighted by molar-refractivity contribution is -0.0174. The molecule has 2 rings (SSSR count). The van der Waals surface area contributed by atoms with Crippen molar-refractivity contribution in [1.82, 2.24) is 5.32 Å². The lowest BCUT2D eigenvalue weighted by Gasteiger charge is -2.24. The molecule has 0 amide bonds. The van der Waals surface area contributed by atoms with Crippen molar-refractivity contribution in [2.45, 2.75) is 38.0 Å². The first-order chi connectivity index (χ1) is 4.34. The molecule has 0 radical (unpaired) electrons. The first-order valence-electron chi connectivity index (χ1n) is 3.73. The molecule has 2 bridgehead atoms. The zero-order chi connectivity index (χ0) is 6.27. The summed E-state index contributed by atoms with van der Waals surface area (Å²) in [5.41, 5.74) is 0. The summed E-state index contributed by atoms with van der Waals surface area (Å²) in [6, 6.07) is 0.763. The normalized spacial score (nSPS) is 49.7. The topological polar surface area (TPSA) is 21.3 Å². The zero-order valence-corrected chi connectivity index (χ0v) is 5.76. The minimum Gasteiger partial charge on any atom is -0.374 e. The highest BCUT2D eigenvalue weighted by Crippen LogP contribution is 2.23. The summed E-state index contributed by atoms with van der Waals surface area (Å²) >= 11 is 0. The SMILES string of the molecule is CC1C[C@@H]2C[C@@H](CN2)O1. The van der Waals surface area contributed by atoms with Crippen molar-refractivity contribution < 1.29 is 4.74 Å². The standard InChI is InChI=1S/C7H13NO/c1-5-2-6-3-7(9-5)4-8-6/h5-8H,2-4H2,1H3/t5?,6-,7+/m1/s1. The van der Waals surface area contributed by atoms with Crippen molar-refractivity contribution in [3.8, 4) is 0 Å². The van der Waals surface area contributed by atoms with Crippen molar-refractivity contribution in [2.75, 3.05) is 6.54 Å². The van der Waals surface area contributed by atoms with E-state index in [1.54, 1.807) is 0 Å². The fourth-order valence-corrected chi connectivity index (χ4v) is 1.85. The predicted molar refractivity (Wildman–Crippen MR) is 35.4 cm³/mol. The summed E-state index contributed by atoms with van der Waals surface area (Å²) in [7, 11) is 0. The van der Waals surface area contributed by atoms with Gasteiger partial charge in [-0.05, 0) is 19.8 Å². The van der Waals surface area contributed by atoms with Gasteiger partial charge in [-0.15, -0.1) is 0 Å². The molecule has 0 aliphatic carbocycles. The third-order valence-corrected chi connectivity index (χ3v) is 2.22. The molecule has 1 unspecified atom stereocenters. The van der Waals surface area contributed by atoms with Crippen LogP contribution >= 0.6 is 0 Å². The second-order valence-corrected chi connectivity index (χ2v) is 3.15. The van der Waals surface area contributed by atoms with Gasteiger partial charge in [0.25, 0.3) is 0 Å². The lowest BCUT2D eigenvalue weighted by Crippen LogP contribution is -2.29. The molecule has 0 aromatic carbocycles. The molecular formula is C7H13NO. The largest absolute Gasteiger partial charge is 0.374 e. The highest BCUT2D eigenvalue weighted by molar-refractivity contribution is 4.88. The summed E-state index contributed by atoms with van der Waals surface area (Å²) in [6.07, 6.45) is 3.46. The first-order valence-corrected chi connectivity index (χ1v) is 3.73. The molecule has 0 spiro atoms. The monoisotopic (exact) mass is 127 g/mol. The van der Waals surface area contributed by atoms with Gasteiger partial charge in [0, 0.05) is 12.6 Å². The van der Waals surface area contributed by atoms with E-state index in [0.29, 0.717) is 12.2 Å². The van der Waals surface area contributed by atoms with Crippen LogP contribution in [0.5, 0.6) is 0 Å². The van der Waals surface area contributed by atoms with Crippen LogP contribution in [0.2, 0.25) is 0 Å². The summed E-state index contributed by atoms with van der Waals surface area (Å²) < 4.78 is 5.61. The van der Waals surface area contributed by atoms with Gasteiger partial charge in [-0.2, -0.15) is 0 Å². The molecule has 9 heavy (non-hydrogen) atoms. The fourth-order valence-electron chi connectivity index (χ4n) is 1.85. The first kappa shape index (κ1) is 5.69. The Morgan fingerprint density at radius 3 is 3.11 bits per heavy atom. The van der Waals surface area contributed by atoms with Crippen LogP contribution in [0.15, 0.2) is 0 Å². The van der Waals surface area contributed by atoms with Crippen molar-refractivity contribution in [2.24, 2.45) is 0 Å². The number of nitrogens with one attached hydrogen (secondary N) is 1. The predicted octanol–water partition coefficient (Wildman–Crippen LogP) is 0.526. The second kappa shape index (κ2) is 1.96. The van der Waals surface area contributed by atoms with Gasteiger partial charge in [-0.3, -0.25) is 0 Å². The van der Waals surface area contributed by atoms with Gasteiger partial charge in [-0.1, -0.05) is 0 Å². The molecule has 52 valence electrons. The molecule has 2 heteroatoms. The van der Waals surface area contributed by atoms with Crippen molar-refractivity contribution in [3.63, 3.8) is 0 Å². The average molecular weight is 127 g/mol. The van der Waals surface area contributed by atoms with Crippen LogP contribution in [-0.2, 0) is 4.74 Å². The van der Waals surface area contributed by atoms with Gasteiger partial charge in [0.15, 0.2) is 0 Å². The minimum atomic E-state index is 0.490. The molecule has 2 aliphatic heterocycles. The molecule has 0 aromatic heterocycles. The molecule has 0 aromatic rings. The van der Waals surface area contributed by atoms with Crippen LogP contribution in [0.1, 0.15) is 19.8 Å². The van der Waals surface area contributed by atoms with Crippen molar-refractivity contribution in [1.29, 1.82) is 0 Å². The maximum absolute atomic E-state index is 5.61. The van der Waals surface area contributed by atoms with Crippen LogP contribution in [0.25, 0.3) is 0 Å². The highest BCUT2D eigenvalue weighted by atomic mass is 16.5. The third-order valence-electron chi connectivity index (χ3n) is 2.22. The molecule has 2 heterocycles. The van der Waals surface area contributed by atoms with E-state index in [2.05, 4.69) is 12.2 Å². The number of fused-ring (bicyclic) bond motifs is 2. The number of hydrogen-bond donors (Lipinski definition) is 1. The Balaban J connectivity index is 2.03.